The first-order valence-corrected chi connectivity index (χ1v) is 7.14. The molecule has 7 nitrogen and oxygen atoms in total. The third-order valence-corrected chi connectivity index (χ3v) is 3.42. The minimum absolute atomic E-state index is 0.239. The number of amides is 2. The Morgan fingerprint density at radius 2 is 2.18 bits per heavy atom. The van der Waals surface area contributed by atoms with E-state index in [9.17, 15) is 9.90 Å². The third-order valence-electron chi connectivity index (χ3n) is 3.42. The number of benzene rings is 1. The number of aromatic nitrogens is 2. The molecule has 1 fully saturated rings. The van der Waals surface area contributed by atoms with E-state index in [1.54, 1.807) is 15.8 Å². The lowest BCUT2D eigenvalue weighted by atomic mass is 10.3. The number of β-amino-alcohol motifs (C(OH)–C–C–N with tert-alkyl or cyclic N) is 1. The normalized spacial score (nSPS) is 18.8. The molecule has 1 saturated heterocycles. The highest BCUT2D eigenvalue weighted by Crippen LogP contribution is 2.13. The molecule has 22 heavy (non-hydrogen) atoms. The van der Waals surface area contributed by atoms with Crippen LogP contribution in [0.2, 0.25) is 0 Å². The van der Waals surface area contributed by atoms with E-state index in [1.807, 2.05) is 36.5 Å². The number of anilines is 1. The molecule has 0 spiro atoms. The van der Waals surface area contributed by atoms with E-state index < -0.39 is 6.10 Å². The second-order valence-electron chi connectivity index (χ2n) is 5.10. The number of carbonyl (C=O) groups is 1. The zero-order chi connectivity index (χ0) is 15.4. The molecule has 3 rings (SSSR count). The van der Waals surface area contributed by atoms with Crippen molar-refractivity contribution in [3.05, 3.63) is 42.7 Å². The van der Waals surface area contributed by atoms with Crippen LogP contribution in [0.15, 0.2) is 42.7 Å². The molecule has 0 bridgehead atoms. The van der Waals surface area contributed by atoms with Crippen LogP contribution < -0.4 is 5.32 Å². The summed E-state index contributed by atoms with van der Waals surface area (Å²) in [6.45, 7) is 1.44. The van der Waals surface area contributed by atoms with Crippen molar-refractivity contribution < 1.29 is 14.6 Å². The molecule has 1 aromatic carbocycles. The van der Waals surface area contributed by atoms with E-state index in [0.717, 1.165) is 5.69 Å². The van der Waals surface area contributed by atoms with Crippen LogP contribution in [-0.4, -0.2) is 58.2 Å². The Labute approximate surface area is 128 Å². The maximum Gasteiger partial charge on any atom is 0.322 e. The molecule has 116 valence electrons. The molecular weight excluding hydrogens is 284 g/mol. The summed E-state index contributed by atoms with van der Waals surface area (Å²) in [6, 6.07) is 9.00. The number of urea groups is 1. The van der Waals surface area contributed by atoms with Crippen LogP contribution in [0.1, 0.15) is 0 Å². The maximum atomic E-state index is 12.2. The highest BCUT2D eigenvalue weighted by Gasteiger charge is 2.20. The van der Waals surface area contributed by atoms with E-state index in [1.165, 1.54) is 0 Å². The van der Waals surface area contributed by atoms with Crippen molar-refractivity contribution in [1.82, 2.24) is 14.7 Å². The van der Waals surface area contributed by atoms with E-state index in [-0.39, 0.29) is 19.2 Å². The Hall–Kier alpha value is -2.38. The fraction of sp³-hybridized carbons (Fsp3) is 0.333. The van der Waals surface area contributed by atoms with Crippen molar-refractivity contribution in [2.75, 3.05) is 31.6 Å². The van der Waals surface area contributed by atoms with Gasteiger partial charge in [-0.15, -0.1) is 0 Å². The van der Waals surface area contributed by atoms with Gasteiger partial charge in [0.05, 0.1) is 31.5 Å². The van der Waals surface area contributed by atoms with Crippen LogP contribution in [0, 0.1) is 0 Å². The van der Waals surface area contributed by atoms with E-state index in [2.05, 4.69) is 10.4 Å². The number of carbonyl (C=O) groups excluding carboxylic acids is 1. The first-order chi connectivity index (χ1) is 10.7. The van der Waals surface area contributed by atoms with Gasteiger partial charge in [-0.25, -0.2) is 9.48 Å². The van der Waals surface area contributed by atoms with Gasteiger partial charge in [0.1, 0.15) is 0 Å². The maximum absolute atomic E-state index is 12.2. The summed E-state index contributed by atoms with van der Waals surface area (Å²) in [4.78, 5) is 13.8. The Bertz CT molecular complexity index is 612. The molecule has 1 aromatic heterocycles. The first-order valence-electron chi connectivity index (χ1n) is 7.14. The predicted octanol–water partition coefficient (Wildman–Crippen LogP) is 1.10. The number of aliphatic hydroxyl groups excluding tert-OH is 1. The molecule has 0 unspecified atom stereocenters. The Balaban J connectivity index is 1.63. The second kappa shape index (κ2) is 6.59. The van der Waals surface area contributed by atoms with Crippen LogP contribution >= 0.6 is 0 Å². The largest absolute Gasteiger partial charge is 0.389 e. The highest BCUT2D eigenvalue weighted by atomic mass is 16.5. The van der Waals surface area contributed by atoms with Gasteiger partial charge in [0, 0.05) is 24.6 Å². The van der Waals surface area contributed by atoms with Gasteiger partial charge in [-0.1, -0.05) is 0 Å². The molecule has 1 atom stereocenters. The average molecular weight is 302 g/mol. The third kappa shape index (κ3) is 3.44. The van der Waals surface area contributed by atoms with Gasteiger partial charge in [-0.05, 0) is 30.3 Å². The van der Waals surface area contributed by atoms with Crippen molar-refractivity contribution in [1.29, 1.82) is 0 Å². The van der Waals surface area contributed by atoms with Crippen LogP contribution in [-0.2, 0) is 4.74 Å². The lowest BCUT2D eigenvalue weighted by Gasteiger charge is -2.21. The van der Waals surface area contributed by atoms with Crippen molar-refractivity contribution in [2.24, 2.45) is 0 Å². The van der Waals surface area contributed by atoms with Crippen LogP contribution in [0.3, 0.4) is 0 Å². The van der Waals surface area contributed by atoms with Crippen molar-refractivity contribution in [3.63, 3.8) is 0 Å². The lowest BCUT2D eigenvalue weighted by Crippen LogP contribution is -2.40. The quantitative estimate of drug-likeness (QED) is 0.870. The average Bonchev–Trinajstić information content (AvgIpc) is 2.97. The van der Waals surface area contributed by atoms with Crippen LogP contribution in [0.4, 0.5) is 10.5 Å². The first kappa shape index (κ1) is 14.6. The van der Waals surface area contributed by atoms with Crippen LogP contribution in [0.25, 0.3) is 5.69 Å². The summed E-state index contributed by atoms with van der Waals surface area (Å²) < 4.78 is 6.96. The Morgan fingerprint density at radius 1 is 1.36 bits per heavy atom. The van der Waals surface area contributed by atoms with Gasteiger partial charge in [0.15, 0.2) is 0 Å². The molecule has 1 aliphatic rings. The van der Waals surface area contributed by atoms with Crippen molar-refractivity contribution in [3.8, 4) is 5.69 Å². The van der Waals surface area contributed by atoms with E-state index in [0.29, 0.717) is 18.8 Å². The highest BCUT2D eigenvalue weighted by molar-refractivity contribution is 5.89. The molecule has 1 aliphatic heterocycles. The molecule has 7 heteroatoms. The number of hydrogen-bond acceptors (Lipinski definition) is 4. The second-order valence-corrected chi connectivity index (χ2v) is 5.10. The van der Waals surface area contributed by atoms with Crippen LogP contribution in [0.5, 0.6) is 0 Å². The Morgan fingerprint density at radius 3 is 2.91 bits per heavy atom. The van der Waals surface area contributed by atoms with Gasteiger partial charge in [0.2, 0.25) is 0 Å². The van der Waals surface area contributed by atoms with Gasteiger partial charge >= 0.3 is 6.03 Å². The predicted molar refractivity (Wildman–Crippen MR) is 81.0 cm³/mol. The lowest BCUT2D eigenvalue weighted by molar-refractivity contribution is 0.0575. The molecule has 2 N–H and O–H groups in total. The van der Waals surface area contributed by atoms with Crippen molar-refractivity contribution >= 4 is 11.7 Å². The molecule has 0 aliphatic carbocycles. The summed E-state index contributed by atoms with van der Waals surface area (Å²) in [6.07, 6.45) is 2.92. The van der Waals surface area contributed by atoms with Gasteiger partial charge in [0.25, 0.3) is 0 Å². The molecule has 2 aromatic rings. The molecule has 0 saturated carbocycles. The monoisotopic (exact) mass is 302 g/mol. The van der Waals surface area contributed by atoms with Gasteiger partial charge in [-0.2, -0.15) is 5.10 Å². The number of ether oxygens (including phenoxy) is 1. The minimum atomic E-state index is -0.643. The Kier molecular flexibility index (Phi) is 4.36. The molecular formula is C15H18N4O3. The topological polar surface area (TPSA) is 79.6 Å². The molecule has 2 heterocycles. The molecule has 2 amide bonds. The standard InChI is InChI=1S/C15H18N4O3/c20-14-10-18(8-9-22-11-14)15(21)17-12-2-4-13(5-3-12)19-7-1-6-16-19/h1-7,14,20H,8-11H2,(H,17,21)/t14-/m1/s1. The SMILES string of the molecule is O=C(Nc1ccc(-n2cccn2)cc1)N1CCOC[C@H](O)C1. The zero-order valence-corrected chi connectivity index (χ0v) is 12.1. The number of hydrogen-bond donors (Lipinski definition) is 2. The summed E-state index contributed by atoms with van der Waals surface area (Å²) >= 11 is 0. The van der Waals surface area contributed by atoms with Gasteiger partial charge in [-0.3, -0.25) is 0 Å². The van der Waals surface area contributed by atoms with E-state index in [4.69, 9.17) is 4.74 Å². The fourth-order valence-electron chi connectivity index (χ4n) is 2.30. The van der Waals surface area contributed by atoms with E-state index >= 15 is 0 Å². The summed E-state index contributed by atoms with van der Waals surface area (Å²) in [5, 5.41) is 16.6. The summed E-state index contributed by atoms with van der Waals surface area (Å²) in [5.41, 5.74) is 1.61. The number of nitrogens with zero attached hydrogens (tertiary/aromatic N) is 3. The smallest absolute Gasteiger partial charge is 0.322 e. The number of nitrogens with one attached hydrogen (secondary N) is 1. The van der Waals surface area contributed by atoms with Crippen molar-refractivity contribution in [2.45, 2.75) is 6.10 Å². The zero-order valence-electron chi connectivity index (χ0n) is 12.1. The minimum Gasteiger partial charge on any atom is -0.389 e. The summed E-state index contributed by atoms with van der Waals surface area (Å²) in [7, 11) is 0. The fourth-order valence-corrected chi connectivity index (χ4v) is 2.30. The number of aliphatic hydroxyl groups is 1. The molecule has 0 radical (unpaired) electrons. The van der Waals surface area contributed by atoms with Gasteiger partial charge < -0.3 is 20.1 Å². The number of rotatable bonds is 2. The summed E-state index contributed by atoms with van der Waals surface area (Å²) in [5.74, 6) is 0.